The Morgan fingerprint density at radius 1 is 1.18 bits per heavy atom. The summed E-state index contributed by atoms with van der Waals surface area (Å²) in [5, 5.41) is 0. The first-order valence-corrected chi connectivity index (χ1v) is 4.79. The van der Waals surface area contributed by atoms with Gasteiger partial charge in [0.1, 0.15) is 0 Å². The summed E-state index contributed by atoms with van der Waals surface area (Å²) in [6.45, 7) is 3.86. The van der Waals surface area contributed by atoms with Crippen molar-refractivity contribution >= 4 is 0 Å². The van der Waals surface area contributed by atoms with Gasteiger partial charge in [-0.25, -0.2) is 0 Å². The number of nitrogens with zero attached hydrogens (tertiary/aromatic N) is 2. The van der Waals surface area contributed by atoms with Gasteiger partial charge in [0.2, 0.25) is 0 Å². The highest BCUT2D eigenvalue weighted by Crippen LogP contribution is 2.21. The predicted molar refractivity (Wildman–Crippen MR) is 46.5 cm³/mol. The third kappa shape index (κ3) is 1.57. The van der Waals surface area contributed by atoms with Crippen LogP contribution in [0.3, 0.4) is 0 Å². The van der Waals surface area contributed by atoms with E-state index in [4.69, 9.17) is 0 Å². The highest BCUT2D eigenvalue weighted by molar-refractivity contribution is 4.82. The number of likely N-dealkylation sites (N-methyl/N-ethyl adjacent to an activating group) is 1. The van der Waals surface area contributed by atoms with E-state index in [-0.39, 0.29) is 0 Å². The lowest BCUT2D eigenvalue weighted by Crippen LogP contribution is -2.29. The van der Waals surface area contributed by atoms with E-state index < -0.39 is 0 Å². The van der Waals surface area contributed by atoms with Crippen LogP contribution in [0.2, 0.25) is 0 Å². The third-order valence-electron chi connectivity index (χ3n) is 2.94. The highest BCUT2D eigenvalue weighted by Gasteiger charge is 2.28. The van der Waals surface area contributed by atoms with Gasteiger partial charge in [-0.2, -0.15) is 0 Å². The lowest BCUT2D eigenvalue weighted by molar-refractivity contribution is 0.241. The molecule has 2 fully saturated rings. The molecule has 2 saturated heterocycles. The van der Waals surface area contributed by atoms with Crippen molar-refractivity contribution < 1.29 is 0 Å². The minimum absolute atomic E-state index is 0.891. The molecule has 0 spiro atoms. The first kappa shape index (κ1) is 7.56. The maximum atomic E-state index is 2.65. The lowest BCUT2D eigenvalue weighted by Gasteiger charge is -2.19. The van der Waals surface area contributed by atoms with Crippen molar-refractivity contribution in [2.45, 2.75) is 31.7 Å². The van der Waals surface area contributed by atoms with Gasteiger partial charge in [0, 0.05) is 12.6 Å². The molecule has 64 valence electrons. The Morgan fingerprint density at radius 3 is 3.00 bits per heavy atom. The Kier molecular flexibility index (Phi) is 2.14. The zero-order valence-electron chi connectivity index (χ0n) is 7.42. The summed E-state index contributed by atoms with van der Waals surface area (Å²) in [6, 6.07) is 0.891. The van der Waals surface area contributed by atoms with Crippen LogP contribution in [0.25, 0.3) is 0 Å². The fourth-order valence-corrected chi connectivity index (χ4v) is 2.36. The Balaban J connectivity index is 1.96. The monoisotopic (exact) mass is 154 g/mol. The van der Waals surface area contributed by atoms with Gasteiger partial charge < -0.3 is 0 Å². The summed E-state index contributed by atoms with van der Waals surface area (Å²) in [4.78, 5) is 5.09. The van der Waals surface area contributed by atoms with Gasteiger partial charge in [0.15, 0.2) is 0 Å². The molecule has 0 radical (unpaired) electrons. The number of rotatable bonds is 0. The molecule has 1 unspecified atom stereocenters. The van der Waals surface area contributed by atoms with Gasteiger partial charge in [-0.3, -0.25) is 9.80 Å². The first-order valence-electron chi connectivity index (χ1n) is 4.79. The summed E-state index contributed by atoms with van der Waals surface area (Å²) in [7, 11) is 2.23. The second-order valence-corrected chi connectivity index (χ2v) is 4.00. The fourth-order valence-electron chi connectivity index (χ4n) is 2.36. The van der Waals surface area contributed by atoms with E-state index in [1.165, 1.54) is 45.4 Å². The molecule has 0 saturated carbocycles. The summed E-state index contributed by atoms with van der Waals surface area (Å²) < 4.78 is 0. The first-order chi connectivity index (χ1) is 5.36. The summed E-state index contributed by atoms with van der Waals surface area (Å²) >= 11 is 0. The molecule has 0 aromatic rings. The standard InChI is InChI=1S/C9H18N2/c1-10-7-9-5-3-2-4-6-11(9)8-10/h9H,2-8H2,1H3. The van der Waals surface area contributed by atoms with Gasteiger partial charge in [-0.1, -0.05) is 12.8 Å². The van der Waals surface area contributed by atoms with Gasteiger partial charge in [-0.15, -0.1) is 0 Å². The fraction of sp³-hybridized carbons (Fsp3) is 1.00. The summed E-state index contributed by atoms with van der Waals surface area (Å²) in [6.07, 6.45) is 5.76. The van der Waals surface area contributed by atoms with E-state index in [9.17, 15) is 0 Å². The summed E-state index contributed by atoms with van der Waals surface area (Å²) in [5.41, 5.74) is 0. The van der Waals surface area contributed by atoms with Crippen LogP contribution in [0.4, 0.5) is 0 Å². The summed E-state index contributed by atoms with van der Waals surface area (Å²) in [5.74, 6) is 0. The smallest absolute Gasteiger partial charge is 0.0507 e. The topological polar surface area (TPSA) is 6.48 Å². The molecule has 2 aliphatic rings. The van der Waals surface area contributed by atoms with E-state index in [1.54, 1.807) is 0 Å². The van der Waals surface area contributed by atoms with E-state index >= 15 is 0 Å². The van der Waals surface area contributed by atoms with Crippen molar-refractivity contribution in [2.75, 3.05) is 26.8 Å². The molecule has 0 aromatic carbocycles. The minimum atomic E-state index is 0.891. The largest absolute Gasteiger partial charge is 0.292 e. The Labute approximate surface area is 69.2 Å². The normalized spacial score (nSPS) is 35.2. The van der Waals surface area contributed by atoms with E-state index in [1.807, 2.05) is 0 Å². The van der Waals surface area contributed by atoms with Gasteiger partial charge in [0.25, 0.3) is 0 Å². The SMILES string of the molecule is CN1CC2CCCCCN2C1. The van der Waals surface area contributed by atoms with Gasteiger partial charge >= 0.3 is 0 Å². The van der Waals surface area contributed by atoms with Crippen molar-refractivity contribution in [1.29, 1.82) is 0 Å². The molecule has 2 nitrogen and oxygen atoms in total. The Morgan fingerprint density at radius 2 is 2.09 bits per heavy atom. The second kappa shape index (κ2) is 3.11. The highest BCUT2D eigenvalue weighted by atomic mass is 15.4. The van der Waals surface area contributed by atoms with Crippen LogP contribution >= 0.6 is 0 Å². The molecule has 2 rings (SSSR count). The Bertz CT molecular complexity index is 122. The van der Waals surface area contributed by atoms with E-state index in [2.05, 4.69) is 16.8 Å². The molecule has 2 heterocycles. The molecule has 2 aliphatic heterocycles. The van der Waals surface area contributed by atoms with Crippen LogP contribution in [0.1, 0.15) is 25.7 Å². The van der Waals surface area contributed by atoms with Gasteiger partial charge in [0.05, 0.1) is 6.67 Å². The van der Waals surface area contributed by atoms with Crippen LogP contribution in [0.5, 0.6) is 0 Å². The molecule has 0 amide bonds. The van der Waals surface area contributed by atoms with Crippen LogP contribution in [-0.2, 0) is 0 Å². The quantitative estimate of drug-likeness (QED) is 0.516. The second-order valence-electron chi connectivity index (χ2n) is 4.00. The molecule has 0 aliphatic carbocycles. The average Bonchev–Trinajstić information content (AvgIpc) is 2.17. The van der Waals surface area contributed by atoms with Gasteiger partial charge in [-0.05, 0) is 26.4 Å². The van der Waals surface area contributed by atoms with Crippen LogP contribution in [0, 0.1) is 0 Å². The maximum absolute atomic E-state index is 2.65. The molecule has 0 bridgehead atoms. The van der Waals surface area contributed by atoms with Crippen molar-refractivity contribution in [1.82, 2.24) is 9.80 Å². The Hall–Kier alpha value is -0.0800. The molecule has 0 N–H and O–H groups in total. The lowest BCUT2D eigenvalue weighted by atomic mass is 10.1. The van der Waals surface area contributed by atoms with Crippen molar-refractivity contribution in [2.24, 2.45) is 0 Å². The van der Waals surface area contributed by atoms with Crippen molar-refractivity contribution in [3.63, 3.8) is 0 Å². The zero-order valence-corrected chi connectivity index (χ0v) is 7.42. The molecular formula is C9H18N2. The van der Waals surface area contributed by atoms with Crippen LogP contribution < -0.4 is 0 Å². The predicted octanol–water partition coefficient (Wildman–Crippen LogP) is 1.13. The molecule has 1 atom stereocenters. The van der Waals surface area contributed by atoms with Crippen molar-refractivity contribution in [3.8, 4) is 0 Å². The number of fused-ring (bicyclic) bond motifs is 1. The zero-order chi connectivity index (χ0) is 7.68. The third-order valence-corrected chi connectivity index (χ3v) is 2.94. The maximum Gasteiger partial charge on any atom is 0.0507 e. The number of hydrogen-bond acceptors (Lipinski definition) is 2. The molecule has 0 aromatic heterocycles. The number of hydrogen-bond donors (Lipinski definition) is 0. The van der Waals surface area contributed by atoms with Crippen LogP contribution in [0.15, 0.2) is 0 Å². The minimum Gasteiger partial charge on any atom is -0.292 e. The van der Waals surface area contributed by atoms with Crippen LogP contribution in [-0.4, -0.2) is 42.6 Å². The van der Waals surface area contributed by atoms with Crippen molar-refractivity contribution in [3.05, 3.63) is 0 Å². The van der Waals surface area contributed by atoms with E-state index in [0.717, 1.165) is 6.04 Å². The van der Waals surface area contributed by atoms with E-state index in [0.29, 0.717) is 0 Å². The molecular weight excluding hydrogens is 136 g/mol. The molecule has 11 heavy (non-hydrogen) atoms. The molecule has 2 heteroatoms. The average molecular weight is 154 g/mol.